The van der Waals surface area contributed by atoms with E-state index < -0.39 is 18.5 Å². The van der Waals surface area contributed by atoms with E-state index >= 15 is 0 Å². The number of alkyl halides is 3. The van der Waals surface area contributed by atoms with Gasteiger partial charge in [0.1, 0.15) is 5.76 Å². The molecule has 0 spiro atoms. The Kier molecular flexibility index (Phi) is 4.30. The van der Waals surface area contributed by atoms with Gasteiger partial charge < -0.3 is 9.40 Å². The maximum atomic E-state index is 13.4. The number of aromatic nitrogens is 1. The van der Waals surface area contributed by atoms with E-state index in [0.29, 0.717) is 17.0 Å². The molecule has 0 saturated heterocycles. The highest BCUT2D eigenvalue weighted by Gasteiger charge is 2.37. The smallest absolute Gasteiger partial charge is 0.390 e. The Labute approximate surface area is 154 Å². The average Bonchev–Trinajstić information content (AvgIpc) is 3.27. The van der Waals surface area contributed by atoms with Crippen LogP contribution in [-0.2, 0) is 0 Å². The van der Waals surface area contributed by atoms with Crippen molar-refractivity contribution in [2.75, 3.05) is 0 Å². The van der Waals surface area contributed by atoms with Gasteiger partial charge in [-0.2, -0.15) is 13.2 Å². The number of rotatable bonds is 4. The van der Waals surface area contributed by atoms with Gasteiger partial charge in [0.05, 0.1) is 24.3 Å². The van der Waals surface area contributed by atoms with Crippen LogP contribution >= 0.6 is 0 Å². The van der Waals surface area contributed by atoms with Gasteiger partial charge in [-0.05, 0) is 41.8 Å². The SMILES string of the molecule is Cc1ccc2c([C@@H](CC(F)(F)F)c3ccco3)c(-c3ccccc3)[nH]c2c1. The van der Waals surface area contributed by atoms with E-state index in [4.69, 9.17) is 4.42 Å². The first-order chi connectivity index (χ1) is 12.9. The Morgan fingerprint density at radius 1 is 1.00 bits per heavy atom. The first-order valence-electron chi connectivity index (χ1n) is 8.70. The molecule has 2 aromatic carbocycles. The van der Waals surface area contributed by atoms with E-state index in [1.165, 1.54) is 6.26 Å². The molecule has 5 heteroatoms. The van der Waals surface area contributed by atoms with Gasteiger partial charge in [0.2, 0.25) is 0 Å². The Bertz CT molecular complexity index is 1050. The fraction of sp³-hybridized carbons (Fsp3) is 0.182. The number of nitrogens with one attached hydrogen (secondary N) is 1. The van der Waals surface area contributed by atoms with Crippen LogP contribution in [0.25, 0.3) is 22.2 Å². The number of halogens is 3. The first-order valence-corrected chi connectivity index (χ1v) is 8.70. The highest BCUT2D eigenvalue weighted by atomic mass is 19.4. The fourth-order valence-corrected chi connectivity index (χ4v) is 3.59. The minimum absolute atomic E-state index is 0.311. The van der Waals surface area contributed by atoms with Crippen LogP contribution in [0.5, 0.6) is 0 Å². The summed E-state index contributed by atoms with van der Waals surface area (Å²) in [5.74, 6) is -0.613. The number of fused-ring (bicyclic) bond motifs is 1. The van der Waals surface area contributed by atoms with Crippen LogP contribution in [0.2, 0.25) is 0 Å². The Balaban J connectivity index is 2.00. The van der Waals surface area contributed by atoms with Gasteiger partial charge >= 0.3 is 6.18 Å². The van der Waals surface area contributed by atoms with Gasteiger partial charge in [-0.3, -0.25) is 0 Å². The van der Waals surface area contributed by atoms with Crippen molar-refractivity contribution in [1.29, 1.82) is 0 Å². The van der Waals surface area contributed by atoms with E-state index in [-0.39, 0.29) is 0 Å². The average molecular weight is 369 g/mol. The molecule has 2 heterocycles. The molecule has 4 rings (SSSR count). The van der Waals surface area contributed by atoms with Gasteiger partial charge in [0.15, 0.2) is 0 Å². The fourth-order valence-electron chi connectivity index (χ4n) is 3.59. The van der Waals surface area contributed by atoms with Crippen LogP contribution in [-0.4, -0.2) is 11.2 Å². The highest BCUT2D eigenvalue weighted by Crippen LogP contribution is 2.44. The van der Waals surface area contributed by atoms with Crippen molar-refractivity contribution in [3.05, 3.63) is 83.8 Å². The van der Waals surface area contributed by atoms with Crippen molar-refractivity contribution in [2.45, 2.75) is 25.4 Å². The molecule has 0 bridgehead atoms. The number of H-pyrrole nitrogens is 1. The maximum Gasteiger partial charge on any atom is 0.390 e. The summed E-state index contributed by atoms with van der Waals surface area (Å²) in [6.45, 7) is 1.96. The lowest BCUT2D eigenvalue weighted by atomic mass is 9.88. The topological polar surface area (TPSA) is 28.9 Å². The molecule has 2 aromatic heterocycles. The van der Waals surface area contributed by atoms with E-state index in [9.17, 15) is 13.2 Å². The van der Waals surface area contributed by atoms with E-state index in [1.807, 2.05) is 55.5 Å². The maximum absolute atomic E-state index is 13.4. The number of aryl methyl sites for hydroxylation is 1. The van der Waals surface area contributed by atoms with Crippen molar-refractivity contribution < 1.29 is 17.6 Å². The normalized spacial score (nSPS) is 13.2. The molecule has 27 heavy (non-hydrogen) atoms. The summed E-state index contributed by atoms with van der Waals surface area (Å²) in [7, 11) is 0. The molecule has 0 aliphatic rings. The quantitative estimate of drug-likeness (QED) is 0.420. The van der Waals surface area contributed by atoms with Crippen molar-refractivity contribution >= 4 is 10.9 Å². The zero-order valence-electron chi connectivity index (χ0n) is 14.7. The lowest BCUT2D eigenvalue weighted by Crippen LogP contribution is -2.15. The monoisotopic (exact) mass is 369 g/mol. The Morgan fingerprint density at radius 2 is 1.78 bits per heavy atom. The van der Waals surface area contributed by atoms with Gasteiger partial charge in [-0.15, -0.1) is 0 Å². The molecule has 1 atom stereocenters. The van der Waals surface area contributed by atoms with Crippen LogP contribution in [0, 0.1) is 6.92 Å². The third-order valence-corrected chi connectivity index (χ3v) is 4.73. The molecular weight excluding hydrogens is 351 g/mol. The lowest BCUT2D eigenvalue weighted by molar-refractivity contribution is -0.137. The Morgan fingerprint density at radius 3 is 2.44 bits per heavy atom. The molecule has 0 amide bonds. The van der Waals surface area contributed by atoms with Crippen LogP contribution in [0.3, 0.4) is 0 Å². The molecule has 0 unspecified atom stereocenters. The number of hydrogen-bond acceptors (Lipinski definition) is 1. The zero-order valence-corrected chi connectivity index (χ0v) is 14.7. The summed E-state index contributed by atoms with van der Waals surface area (Å²) < 4.78 is 45.7. The molecular formula is C22H18F3NO. The molecule has 1 N–H and O–H groups in total. The molecule has 0 saturated carbocycles. The minimum Gasteiger partial charge on any atom is -0.469 e. The summed E-state index contributed by atoms with van der Waals surface area (Å²) >= 11 is 0. The van der Waals surface area contributed by atoms with Gasteiger partial charge in [-0.25, -0.2) is 0 Å². The molecule has 4 aromatic rings. The number of hydrogen-bond donors (Lipinski definition) is 1. The van der Waals surface area contributed by atoms with Gasteiger partial charge in [0, 0.05) is 10.9 Å². The zero-order chi connectivity index (χ0) is 19.0. The number of furan rings is 1. The largest absolute Gasteiger partial charge is 0.469 e. The predicted octanol–water partition coefficient (Wildman–Crippen LogP) is 6.82. The lowest BCUT2D eigenvalue weighted by Gasteiger charge is -2.18. The van der Waals surface area contributed by atoms with E-state index in [0.717, 1.165) is 22.0 Å². The second kappa shape index (κ2) is 6.65. The molecule has 0 radical (unpaired) electrons. The number of benzene rings is 2. The highest BCUT2D eigenvalue weighted by molar-refractivity contribution is 5.92. The second-order valence-electron chi connectivity index (χ2n) is 6.72. The van der Waals surface area contributed by atoms with Crippen molar-refractivity contribution in [3.8, 4) is 11.3 Å². The van der Waals surface area contributed by atoms with Crippen LogP contribution in [0.15, 0.2) is 71.3 Å². The third kappa shape index (κ3) is 3.50. The second-order valence-corrected chi connectivity index (χ2v) is 6.72. The Hall–Kier alpha value is -2.95. The summed E-state index contributed by atoms with van der Waals surface area (Å²) in [4.78, 5) is 3.34. The summed E-state index contributed by atoms with van der Waals surface area (Å²) in [6.07, 6.45) is -3.89. The van der Waals surface area contributed by atoms with Crippen LogP contribution in [0.1, 0.15) is 29.2 Å². The molecule has 2 nitrogen and oxygen atoms in total. The van der Waals surface area contributed by atoms with Crippen molar-refractivity contribution in [3.63, 3.8) is 0 Å². The third-order valence-electron chi connectivity index (χ3n) is 4.73. The van der Waals surface area contributed by atoms with Crippen molar-refractivity contribution in [2.24, 2.45) is 0 Å². The standard InChI is InChI=1S/C22H18F3NO/c1-14-9-10-16-18(12-14)26-21(15-6-3-2-4-7-15)20(16)17(13-22(23,24)25)19-8-5-11-27-19/h2-12,17,26H,13H2,1H3/t17-/m0/s1. The van der Waals surface area contributed by atoms with Crippen molar-refractivity contribution in [1.82, 2.24) is 4.98 Å². The van der Waals surface area contributed by atoms with E-state index in [2.05, 4.69) is 4.98 Å². The number of aromatic amines is 1. The predicted molar refractivity (Wildman–Crippen MR) is 99.7 cm³/mol. The van der Waals surface area contributed by atoms with Gasteiger partial charge in [0.25, 0.3) is 0 Å². The summed E-state index contributed by atoms with van der Waals surface area (Å²) in [5, 5.41) is 0.783. The molecule has 0 aliphatic carbocycles. The first kappa shape index (κ1) is 17.5. The molecule has 138 valence electrons. The molecule has 0 aliphatic heterocycles. The summed E-state index contributed by atoms with van der Waals surface area (Å²) in [6, 6.07) is 18.4. The summed E-state index contributed by atoms with van der Waals surface area (Å²) in [5.41, 5.74) is 4.02. The molecule has 0 fully saturated rings. The minimum atomic E-state index is -4.32. The van der Waals surface area contributed by atoms with Crippen LogP contribution in [0.4, 0.5) is 13.2 Å². The van der Waals surface area contributed by atoms with Gasteiger partial charge in [-0.1, -0.05) is 42.5 Å². The van der Waals surface area contributed by atoms with Crippen LogP contribution < -0.4 is 0 Å². The van der Waals surface area contributed by atoms with E-state index in [1.54, 1.807) is 12.1 Å².